The van der Waals surface area contributed by atoms with Gasteiger partial charge in [0.25, 0.3) is 10.1 Å². The van der Waals surface area contributed by atoms with Crippen LogP contribution in [0.5, 0.6) is 11.5 Å². The molecule has 10 heteroatoms. The molecule has 2 amide bonds. The highest BCUT2D eigenvalue weighted by Crippen LogP contribution is 2.49. The minimum atomic E-state index is -3.77. The average molecular weight is 687 g/mol. The van der Waals surface area contributed by atoms with Crippen LogP contribution in [0.1, 0.15) is 47.9 Å². The third kappa shape index (κ3) is 6.66. The van der Waals surface area contributed by atoms with E-state index in [1.807, 2.05) is 61.2 Å². The number of ether oxygens (including phenoxy) is 2. The van der Waals surface area contributed by atoms with E-state index in [4.69, 9.17) is 13.7 Å². The Bertz CT molecular complexity index is 1730. The quantitative estimate of drug-likeness (QED) is 0.0652. The maximum atomic E-state index is 14.3. The average Bonchev–Trinajstić information content (AvgIpc) is 3.65. The van der Waals surface area contributed by atoms with E-state index in [9.17, 15) is 13.2 Å². The first-order valence-electron chi connectivity index (χ1n) is 16.3. The molecule has 4 aromatic carbocycles. The number of rotatable bonds is 14. The fraction of sp³-hybridized carbons (Fsp3) is 0.342. The maximum absolute atomic E-state index is 14.3. The van der Waals surface area contributed by atoms with Crippen LogP contribution in [0.2, 0.25) is 0 Å². The molecule has 0 radical (unpaired) electrons. The molecule has 6 rings (SSSR count). The van der Waals surface area contributed by atoms with Gasteiger partial charge in [0.05, 0.1) is 37.8 Å². The molecule has 0 bridgehead atoms. The third-order valence-electron chi connectivity index (χ3n) is 9.39. The van der Waals surface area contributed by atoms with Gasteiger partial charge in [-0.25, -0.2) is 4.79 Å². The Labute approximate surface area is 287 Å². The van der Waals surface area contributed by atoms with Crippen LogP contribution in [0.4, 0.5) is 4.79 Å². The van der Waals surface area contributed by atoms with E-state index in [2.05, 4.69) is 46.6 Å². The number of benzene rings is 4. The highest BCUT2D eigenvalue weighted by molar-refractivity contribution is 8.00. The summed E-state index contributed by atoms with van der Waals surface area (Å²) in [5.41, 5.74) is 2.99. The molecule has 1 N–H and O–H groups in total. The summed E-state index contributed by atoms with van der Waals surface area (Å²) in [4.78, 5) is 16.5. The summed E-state index contributed by atoms with van der Waals surface area (Å²) < 4.78 is 41.4. The van der Waals surface area contributed by atoms with Crippen molar-refractivity contribution in [3.63, 3.8) is 0 Å². The molecule has 0 saturated carbocycles. The number of aryl methyl sites for hydroxylation is 1. The summed E-state index contributed by atoms with van der Waals surface area (Å²) in [5, 5.41) is 3.62. The second-order valence-corrected chi connectivity index (χ2v) is 15.1. The lowest BCUT2D eigenvalue weighted by Crippen LogP contribution is -2.53. The molecule has 2 saturated heterocycles. The van der Waals surface area contributed by atoms with Gasteiger partial charge in [-0.1, -0.05) is 85.1 Å². The van der Waals surface area contributed by atoms with Crippen molar-refractivity contribution < 1.29 is 26.9 Å². The van der Waals surface area contributed by atoms with E-state index in [0.29, 0.717) is 6.42 Å². The second-order valence-electron chi connectivity index (χ2n) is 12.3. The van der Waals surface area contributed by atoms with Gasteiger partial charge in [0.1, 0.15) is 17.0 Å². The van der Waals surface area contributed by atoms with E-state index < -0.39 is 15.7 Å². The summed E-state index contributed by atoms with van der Waals surface area (Å²) in [6.45, 7) is 2.06. The van der Waals surface area contributed by atoms with Crippen LogP contribution >= 0.6 is 11.8 Å². The van der Waals surface area contributed by atoms with Gasteiger partial charge in [-0.3, -0.25) is 4.18 Å². The van der Waals surface area contributed by atoms with Crippen LogP contribution in [-0.2, 0) is 19.8 Å². The molecular formula is C38H42N2O6S2. The van der Waals surface area contributed by atoms with Crippen molar-refractivity contribution >= 4 is 27.9 Å². The lowest BCUT2D eigenvalue weighted by molar-refractivity contribution is 0.156. The Morgan fingerprint density at radius 2 is 1.38 bits per heavy atom. The highest BCUT2D eigenvalue weighted by Gasteiger charge is 2.57. The predicted octanol–water partition coefficient (Wildman–Crippen LogP) is 7.15. The van der Waals surface area contributed by atoms with Gasteiger partial charge in [-0.05, 0) is 72.9 Å². The van der Waals surface area contributed by atoms with Gasteiger partial charge in [-0.2, -0.15) is 20.2 Å². The molecule has 2 heterocycles. The normalized spacial score (nSPS) is 19.2. The fourth-order valence-electron chi connectivity index (χ4n) is 6.96. The van der Waals surface area contributed by atoms with E-state index >= 15 is 0 Å². The molecule has 2 fully saturated rings. The van der Waals surface area contributed by atoms with Crippen LogP contribution in [0.25, 0.3) is 0 Å². The number of nitrogens with one attached hydrogen (secondary N) is 1. The Balaban J connectivity index is 1.21. The van der Waals surface area contributed by atoms with Crippen molar-refractivity contribution in [1.29, 1.82) is 0 Å². The summed E-state index contributed by atoms with van der Waals surface area (Å²) in [7, 11) is -0.465. The molecule has 8 nitrogen and oxygen atoms in total. The van der Waals surface area contributed by atoms with E-state index in [1.54, 1.807) is 38.5 Å². The smallest absolute Gasteiger partial charge is 0.319 e. The Kier molecular flexibility index (Phi) is 10.3. The SMILES string of the molecule is COc1ccc(C(c2ccccc2)(c2ccc(OC)cc2)N2C(=O)N[C@@H]3[C@H](CCCCCOS(=O)(=O)c4ccc(C)cc4)SC[C@@H]32)cc1. The van der Waals surface area contributed by atoms with Crippen molar-refractivity contribution in [2.45, 2.75) is 60.4 Å². The van der Waals surface area contributed by atoms with E-state index in [0.717, 1.165) is 58.8 Å². The Hall–Kier alpha value is -3.99. The molecule has 0 aromatic heterocycles. The van der Waals surface area contributed by atoms with Gasteiger partial charge in [0.2, 0.25) is 0 Å². The largest absolute Gasteiger partial charge is 0.497 e. The number of carbonyl (C=O) groups excluding carboxylic acids is 1. The number of hydrogen-bond donors (Lipinski definition) is 1. The molecular weight excluding hydrogens is 645 g/mol. The van der Waals surface area contributed by atoms with Gasteiger partial charge >= 0.3 is 6.03 Å². The summed E-state index contributed by atoms with van der Waals surface area (Å²) >= 11 is 1.90. The number of urea groups is 1. The molecule has 2 aliphatic heterocycles. The molecule has 252 valence electrons. The monoisotopic (exact) mass is 686 g/mol. The standard InChI is InChI=1S/C38H42N2O6S2/c1-27-13-23-33(24-14-27)48(42,43)46-25-9-5-8-12-35-36-34(26-47-35)40(37(41)39-36)38(28-10-6-4-7-11-28,29-15-19-31(44-2)20-16-29)30-17-21-32(45-3)22-18-30/h4,6-7,10-11,13-24,34-36H,5,8-9,12,25-26H2,1-3H3,(H,39,41)/t34-,35-,36-/m0/s1. The number of methoxy groups -OCH3 is 2. The number of unbranched alkanes of at least 4 members (excludes halogenated alkanes) is 2. The molecule has 0 aliphatic carbocycles. The van der Waals surface area contributed by atoms with Gasteiger partial charge in [0, 0.05) is 11.0 Å². The zero-order chi connectivity index (χ0) is 33.7. The molecule has 2 aliphatic rings. The first-order valence-corrected chi connectivity index (χ1v) is 18.8. The van der Waals surface area contributed by atoms with Crippen molar-refractivity contribution in [1.82, 2.24) is 10.2 Å². The molecule has 48 heavy (non-hydrogen) atoms. The fourth-order valence-corrected chi connectivity index (χ4v) is 9.49. The van der Waals surface area contributed by atoms with Gasteiger partial charge < -0.3 is 19.7 Å². The van der Waals surface area contributed by atoms with Gasteiger partial charge in [0.15, 0.2) is 0 Å². The first kappa shape index (κ1) is 33.9. The predicted molar refractivity (Wildman–Crippen MR) is 189 cm³/mol. The number of thioether (sulfide) groups is 1. The van der Waals surface area contributed by atoms with Crippen LogP contribution in [0.15, 0.2) is 108 Å². The van der Waals surface area contributed by atoms with Crippen LogP contribution in [0, 0.1) is 6.92 Å². The number of hydrogen-bond acceptors (Lipinski definition) is 7. The summed E-state index contributed by atoms with van der Waals surface area (Å²) in [6.07, 6.45) is 3.29. The van der Waals surface area contributed by atoms with Crippen LogP contribution in [-0.4, -0.2) is 63.3 Å². The zero-order valence-electron chi connectivity index (χ0n) is 27.5. The van der Waals surface area contributed by atoms with Crippen molar-refractivity contribution in [2.75, 3.05) is 26.6 Å². The Morgan fingerprint density at radius 1 is 0.792 bits per heavy atom. The van der Waals surface area contributed by atoms with E-state index in [1.165, 1.54) is 0 Å². The lowest BCUT2D eigenvalue weighted by atomic mass is 9.74. The number of carbonyl (C=O) groups is 1. The van der Waals surface area contributed by atoms with Gasteiger partial charge in [-0.15, -0.1) is 0 Å². The minimum absolute atomic E-state index is 0.0275. The molecule has 4 aromatic rings. The number of nitrogens with zero attached hydrogens (tertiary/aromatic N) is 1. The molecule has 3 atom stereocenters. The number of fused-ring (bicyclic) bond motifs is 1. The van der Waals surface area contributed by atoms with E-state index in [-0.39, 0.29) is 34.9 Å². The van der Waals surface area contributed by atoms with Crippen molar-refractivity contribution in [3.8, 4) is 11.5 Å². The molecule has 0 spiro atoms. The maximum Gasteiger partial charge on any atom is 0.319 e. The third-order valence-corrected chi connectivity index (χ3v) is 12.2. The zero-order valence-corrected chi connectivity index (χ0v) is 29.1. The van der Waals surface area contributed by atoms with Crippen molar-refractivity contribution in [3.05, 3.63) is 125 Å². The summed E-state index contributed by atoms with van der Waals surface area (Å²) in [5.74, 6) is 2.29. The lowest BCUT2D eigenvalue weighted by Gasteiger charge is -2.45. The first-order chi connectivity index (χ1) is 23.3. The van der Waals surface area contributed by atoms with Crippen LogP contribution < -0.4 is 14.8 Å². The summed E-state index contributed by atoms with van der Waals surface area (Å²) in [6, 6.07) is 32.7. The topological polar surface area (TPSA) is 94.2 Å². The molecule has 0 unspecified atom stereocenters. The Morgan fingerprint density at radius 3 is 1.96 bits per heavy atom. The number of amides is 2. The van der Waals surface area contributed by atoms with Crippen LogP contribution in [0.3, 0.4) is 0 Å². The minimum Gasteiger partial charge on any atom is -0.497 e. The second kappa shape index (κ2) is 14.6. The van der Waals surface area contributed by atoms with Crippen molar-refractivity contribution in [2.24, 2.45) is 0 Å². The highest BCUT2D eigenvalue weighted by atomic mass is 32.2.